The van der Waals surface area contributed by atoms with Gasteiger partial charge in [-0.15, -0.1) is 24.9 Å². The van der Waals surface area contributed by atoms with Gasteiger partial charge in [0.1, 0.15) is 5.75 Å². The van der Waals surface area contributed by atoms with E-state index < -0.39 is 29.8 Å². The number of nitrogens with zero attached hydrogens (tertiary/aromatic N) is 1. The lowest BCUT2D eigenvalue weighted by Crippen LogP contribution is -2.27. The third-order valence-corrected chi connectivity index (χ3v) is 4.54. The number of hydrogen-bond donors (Lipinski definition) is 0. The standard InChI is InChI=1S/C18H15F6NO2S/c1-3-28-15-10-11(17(19,20)21)4-9-14(15)16(26)25(2)12-5-7-13(8-6-12)27-18(22,23)24/h4-10H,3H2,1-2H3. The van der Waals surface area contributed by atoms with E-state index in [4.69, 9.17) is 0 Å². The fourth-order valence-corrected chi connectivity index (χ4v) is 3.15. The number of carbonyl (C=O) groups is 1. The largest absolute Gasteiger partial charge is 0.573 e. The lowest BCUT2D eigenvalue weighted by atomic mass is 10.1. The van der Waals surface area contributed by atoms with Gasteiger partial charge in [0.15, 0.2) is 0 Å². The molecule has 0 aliphatic rings. The maximum atomic E-state index is 12.9. The highest BCUT2D eigenvalue weighted by Gasteiger charge is 2.32. The molecule has 0 saturated heterocycles. The zero-order valence-electron chi connectivity index (χ0n) is 14.7. The second-order valence-electron chi connectivity index (χ2n) is 5.55. The lowest BCUT2D eigenvalue weighted by molar-refractivity contribution is -0.274. The first-order valence-electron chi connectivity index (χ1n) is 7.90. The summed E-state index contributed by atoms with van der Waals surface area (Å²) >= 11 is 1.09. The molecule has 0 saturated carbocycles. The third-order valence-electron chi connectivity index (χ3n) is 3.60. The van der Waals surface area contributed by atoms with Gasteiger partial charge in [0.05, 0.1) is 11.1 Å². The van der Waals surface area contributed by atoms with Crippen molar-refractivity contribution in [1.82, 2.24) is 0 Å². The molecule has 2 aromatic rings. The summed E-state index contributed by atoms with van der Waals surface area (Å²) in [5.74, 6) is -0.586. The van der Waals surface area contributed by atoms with Crippen LogP contribution in [0.15, 0.2) is 47.4 Å². The molecule has 0 aliphatic heterocycles. The number of hydrogen-bond acceptors (Lipinski definition) is 3. The van der Waals surface area contributed by atoms with Gasteiger partial charge in [-0.05, 0) is 48.2 Å². The Bertz CT molecular complexity index is 833. The zero-order chi connectivity index (χ0) is 21.1. The third kappa shape index (κ3) is 5.57. The maximum Gasteiger partial charge on any atom is 0.573 e. The van der Waals surface area contributed by atoms with E-state index in [2.05, 4.69) is 4.74 Å². The van der Waals surface area contributed by atoms with Crippen molar-refractivity contribution in [3.63, 3.8) is 0 Å². The van der Waals surface area contributed by atoms with Crippen molar-refractivity contribution in [3.8, 4) is 5.75 Å². The number of amides is 1. The SMILES string of the molecule is CCSc1cc(C(F)(F)F)ccc1C(=O)N(C)c1ccc(OC(F)(F)F)cc1. The molecular weight excluding hydrogens is 408 g/mol. The number of benzene rings is 2. The molecule has 1 amide bonds. The first-order valence-corrected chi connectivity index (χ1v) is 8.89. The predicted molar refractivity (Wildman–Crippen MR) is 93.7 cm³/mol. The molecule has 2 rings (SSSR count). The van der Waals surface area contributed by atoms with E-state index in [0.29, 0.717) is 5.75 Å². The Hall–Kier alpha value is -2.36. The van der Waals surface area contributed by atoms with Gasteiger partial charge in [-0.25, -0.2) is 0 Å². The quantitative estimate of drug-likeness (QED) is 0.437. The molecule has 28 heavy (non-hydrogen) atoms. The molecule has 0 heterocycles. The maximum absolute atomic E-state index is 12.9. The molecule has 0 radical (unpaired) electrons. The summed E-state index contributed by atoms with van der Waals surface area (Å²) in [4.78, 5) is 14.0. The van der Waals surface area contributed by atoms with Crippen molar-refractivity contribution in [1.29, 1.82) is 0 Å². The number of thioether (sulfide) groups is 1. The van der Waals surface area contributed by atoms with Gasteiger partial charge in [0, 0.05) is 17.6 Å². The Morgan fingerprint density at radius 2 is 1.64 bits per heavy atom. The van der Waals surface area contributed by atoms with Gasteiger partial charge in [-0.2, -0.15) is 13.2 Å². The highest BCUT2D eigenvalue weighted by atomic mass is 32.2. The van der Waals surface area contributed by atoms with Gasteiger partial charge < -0.3 is 9.64 Å². The summed E-state index contributed by atoms with van der Waals surface area (Å²) in [6.45, 7) is 1.74. The van der Waals surface area contributed by atoms with Crippen molar-refractivity contribution >= 4 is 23.4 Å². The van der Waals surface area contributed by atoms with Crippen LogP contribution >= 0.6 is 11.8 Å². The average molecular weight is 423 g/mol. The highest BCUT2D eigenvalue weighted by Crippen LogP contribution is 2.34. The fourth-order valence-electron chi connectivity index (χ4n) is 2.32. The smallest absolute Gasteiger partial charge is 0.406 e. The van der Waals surface area contributed by atoms with Gasteiger partial charge in [0.2, 0.25) is 0 Å². The summed E-state index contributed by atoms with van der Waals surface area (Å²) in [7, 11) is 1.38. The van der Waals surface area contributed by atoms with Crippen molar-refractivity contribution < 1.29 is 35.9 Å². The van der Waals surface area contributed by atoms with Gasteiger partial charge >= 0.3 is 12.5 Å². The molecule has 0 fully saturated rings. The van der Waals surface area contributed by atoms with E-state index in [0.717, 1.165) is 47.0 Å². The van der Waals surface area contributed by atoms with E-state index >= 15 is 0 Å². The van der Waals surface area contributed by atoms with Crippen LogP contribution < -0.4 is 9.64 Å². The van der Waals surface area contributed by atoms with Crippen LogP contribution in [-0.2, 0) is 6.18 Å². The Morgan fingerprint density at radius 1 is 1.04 bits per heavy atom. The first-order chi connectivity index (χ1) is 12.9. The highest BCUT2D eigenvalue weighted by molar-refractivity contribution is 7.99. The molecule has 0 spiro atoms. The average Bonchev–Trinajstić information content (AvgIpc) is 2.59. The fraction of sp³-hybridized carbons (Fsp3) is 0.278. The van der Waals surface area contributed by atoms with Crippen molar-refractivity contribution in [3.05, 3.63) is 53.6 Å². The molecular formula is C18H15F6NO2S. The van der Waals surface area contributed by atoms with Gasteiger partial charge in [-0.1, -0.05) is 6.92 Å². The van der Waals surface area contributed by atoms with Crippen molar-refractivity contribution in [2.24, 2.45) is 0 Å². The molecule has 0 atom stereocenters. The van der Waals surface area contributed by atoms with Crippen LogP contribution in [0.3, 0.4) is 0 Å². The van der Waals surface area contributed by atoms with E-state index in [1.54, 1.807) is 6.92 Å². The van der Waals surface area contributed by atoms with Crippen LogP contribution in [-0.4, -0.2) is 25.1 Å². The summed E-state index contributed by atoms with van der Waals surface area (Å²) < 4.78 is 79.2. The van der Waals surface area contributed by atoms with Crippen molar-refractivity contribution in [2.45, 2.75) is 24.4 Å². The predicted octanol–water partition coefficient (Wildman–Crippen LogP) is 5.99. The molecule has 0 aromatic heterocycles. The topological polar surface area (TPSA) is 29.5 Å². The van der Waals surface area contributed by atoms with Gasteiger partial charge in [-0.3, -0.25) is 4.79 Å². The minimum atomic E-state index is -4.84. The second-order valence-corrected chi connectivity index (χ2v) is 6.85. The Balaban J connectivity index is 2.29. The van der Waals surface area contributed by atoms with Crippen LogP contribution in [0.1, 0.15) is 22.8 Å². The summed E-state index contributed by atoms with van der Waals surface area (Å²) in [5.41, 5.74) is -0.541. The summed E-state index contributed by atoms with van der Waals surface area (Å²) in [5, 5.41) is 0. The van der Waals surface area contributed by atoms with Crippen LogP contribution in [0.4, 0.5) is 32.0 Å². The van der Waals surface area contributed by atoms with E-state index in [-0.39, 0.29) is 16.1 Å². The molecule has 2 aromatic carbocycles. The lowest BCUT2D eigenvalue weighted by Gasteiger charge is -2.20. The monoisotopic (exact) mass is 423 g/mol. The Morgan fingerprint density at radius 3 is 2.14 bits per heavy atom. The molecule has 0 bridgehead atoms. The van der Waals surface area contributed by atoms with Crippen LogP contribution in [0.5, 0.6) is 5.75 Å². The molecule has 152 valence electrons. The summed E-state index contributed by atoms with van der Waals surface area (Å²) in [6.07, 6.45) is -9.37. The van der Waals surface area contributed by atoms with Crippen LogP contribution in [0.2, 0.25) is 0 Å². The number of halogens is 6. The molecule has 10 heteroatoms. The van der Waals surface area contributed by atoms with Crippen LogP contribution in [0, 0.1) is 0 Å². The number of alkyl halides is 6. The Kier molecular flexibility index (Phi) is 6.53. The molecule has 0 aliphatic carbocycles. The molecule has 3 nitrogen and oxygen atoms in total. The number of ether oxygens (including phenoxy) is 1. The van der Waals surface area contributed by atoms with Gasteiger partial charge in [0.25, 0.3) is 5.91 Å². The second kappa shape index (κ2) is 8.34. The number of rotatable bonds is 5. The van der Waals surface area contributed by atoms with E-state index in [1.807, 2.05) is 0 Å². The minimum absolute atomic E-state index is 0.0676. The zero-order valence-corrected chi connectivity index (χ0v) is 15.5. The molecule has 0 N–H and O–H groups in total. The van der Waals surface area contributed by atoms with Crippen LogP contribution in [0.25, 0.3) is 0 Å². The van der Waals surface area contributed by atoms with Crippen molar-refractivity contribution in [2.75, 3.05) is 17.7 Å². The number of carbonyl (C=O) groups excluding carboxylic acids is 1. The first kappa shape index (κ1) is 21.9. The number of anilines is 1. The normalized spacial score (nSPS) is 12.0. The Labute approximate surface area is 161 Å². The molecule has 0 unspecified atom stereocenters. The minimum Gasteiger partial charge on any atom is -0.406 e. The van der Waals surface area contributed by atoms with E-state index in [1.165, 1.54) is 19.2 Å². The van der Waals surface area contributed by atoms with E-state index in [9.17, 15) is 31.1 Å². The summed E-state index contributed by atoms with van der Waals surface area (Å²) in [6, 6.07) is 7.41.